The van der Waals surface area contributed by atoms with Gasteiger partial charge in [0.05, 0.1) is 5.75 Å². The van der Waals surface area contributed by atoms with Crippen molar-refractivity contribution >= 4 is 10.0 Å². The summed E-state index contributed by atoms with van der Waals surface area (Å²) < 4.78 is 26.4. The monoisotopic (exact) mass is 262 g/mol. The number of nitrogens with zero attached hydrogens (tertiary/aromatic N) is 1. The quantitative estimate of drug-likeness (QED) is 0.759. The van der Waals surface area contributed by atoms with E-state index in [0.717, 1.165) is 32.1 Å². The Kier molecular flexibility index (Phi) is 5.41. The molecule has 0 bridgehead atoms. The van der Waals surface area contributed by atoms with Crippen LogP contribution in [0, 0.1) is 0 Å². The summed E-state index contributed by atoms with van der Waals surface area (Å²) in [5, 5.41) is 0. The van der Waals surface area contributed by atoms with E-state index in [1.165, 1.54) is 0 Å². The molecule has 1 fully saturated rings. The first-order chi connectivity index (χ1) is 8.02. The van der Waals surface area contributed by atoms with E-state index in [0.29, 0.717) is 19.5 Å². The summed E-state index contributed by atoms with van der Waals surface area (Å²) in [7, 11) is -3.14. The van der Waals surface area contributed by atoms with E-state index in [4.69, 9.17) is 5.73 Å². The Morgan fingerprint density at radius 2 is 1.76 bits per heavy atom. The van der Waals surface area contributed by atoms with Crippen LogP contribution in [0.3, 0.4) is 0 Å². The summed E-state index contributed by atoms with van der Waals surface area (Å²) in [6.45, 7) is 4.99. The lowest BCUT2D eigenvalue weighted by molar-refractivity contribution is 0.197. The normalized spacial score (nSPS) is 20.0. The average molecular weight is 262 g/mol. The number of rotatable bonds is 7. The van der Waals surface area contributed by atoms with Gasteiger partial charge in [-0.3, -0.25) is 0 Å². The van der Waals surface area contributed by atoms with E-state index in [2.05, 4.69) is 0 Å². The van der Waals surface area contributed by atoms with Crippen molar-refractivity contribution in [1.82, 2.24) is 4.31 Å². The fraction of sp³-hybridized carbons (Fsp3) is 1.00. The molecule has 0 spiro atoms. The minimum Gasteiger partial charge on any atom is -0.329 e. The summed E-state index contributed by atoms with van der Waals surface area (Å²) in [5.41, 5.74) is 5.60. The first-order valence-corrected chi connectivity index (χ1v) is 8.34. The third-order valence-corrected chi connectivity index (χ3v) is 5.83. The van der Waals surface area contributed by atoms with Crippen LogP contribution in [0.1, 0.15) is 52.4 Å². The molecule has 0 saturated heterocycles. The van der Waals surface area contributed by atoms with Crippen molar-refractivity contribution in [1.29, 1.82) is 0 Å². The lowest BCUT2D eigenvalue weighted by atomic mass is 9.98. The smallest absolute Gasteiger partial charge is 0.214 e. The lowest BCUT2D eigenvalue weighted by Crippen LogP contribution is -2.55. The van der Waals surface area contributed by atoms with Crippen LogP contribution in [0.15, 0.2) is 0 Å². The first-order valence-electron chi connectivity index (χ1n) is 6.73. The Labute approximate surface area is 106 Å². The van der Waals surface area contributed by atoms with Gasteiger partial charge in [0, 0.05) is 18.6 Å². The standard InChI is InChI=1S/C12H26N2O2S/c1-3-9-14(17(15,16)10-4-2)12(11-13)7-5-6-8-12/h3-11,13H2,1-2H3. The molecule has 0 atom stereocenters. The van der Waals surface area contributed by atoms with Gasteiger partial charge >= 0.3 is 0 Å². The summed E-state index contributed by atoms with van der Waals surface area (Å²) in [5.74, 6) is 0.245. The summed E-state index contributed by atoms with van der Waals surface area (Å²) in [4.78, 5) is 0. The zero-order valence-electron chi connectivity index (χ0n) is 11.1. The Morgan fingerprint density at radius 3 is 2.18 bits per heavy atom. The van der Waals surface area contributed by atoms with Gasteiger partial charge in [-0.2, -0.15) is 4.31 Å². The van der Waals surface area contributed by atoms with Gasteiger partial charge in [-0.1, -0.05) is 26.7 Å². The molecule has 0 unspecified atom stereocenters. The molecule has 1 aliphatic rings. The highest BCUT2D eigenvalue weighted by Gasteiger charge is 2.43. The van der Waals surface area contributed by atoms with Crippen LogP contribution in [0.4, 0.5) is 0 Å². The van der Waals surface area contributed by atoms with Crippen molar-refractivity contribution < 1.29 is 8.42 Å². The second kappa shape index (κ2) is 6.16. The molecule has 102 valence electrons. The van der Waals surface area contributed by atoms with E-state index in [-0.39, 0.29) is 11.3 Å². The molecule has 0 amide bonds. The Balaban J connectivity index is 2.98. The number of nitrogens with two attached hydrogens (primary N) is 1. The van der Waals surface area contributed by atoms with Crippen LogP contribution in [-0.4, -0.2) is 37.1 Å². The minimum absolute atomic E-state index is 0.245. The van der Waals surface area contributed by atoms with Crippen molar-refractivity contribution in [2.75, 3.05) is 18.8 Å². The van der Waals surface area contributed by atoms with Crippen LogP contribution in [0.25, 0.3) is 0 Å². The number of hydrogen-bond donors (Lipinski definition) is 1. The number of sulfonamides is 1. The molecule has 0 aromatic heterocycles. The first kappa shape index (κ1) is 14.9. The second-order valence-electron chi connectivity index (χ2n) is 5.02. The van der Waals surface area contributed by atoms with Crippen LogP contribution < -0.4 is 5.73 Å². The molecule has 0 heterocycles. The predicted octanol–water partition coefficient (Wildman–Crippen LogP) is 1.71. The lowest BCUT2D eigenvalue weighted by Gasteiger charge is -2.39. The molecule has 0 aromatic rings. The highest BCUT2D eigenvalue weighted by molar-refractivity contribution is 7.89. The molecule has 4 nitrogen and oxygen atoms in total. The minimum atomic E-state index is -3.14. The van der Waals surface area contributed by atoms with E-state index in [9.17, 15) is 8.42 Å². The van der Waals surface area contributed by atoms with Gasteiger partial charge in [0.15, 0.2) is 0 Å². The van der Waals surface area contributed by atoms with Crippen LogP contribution in [-0.2, 0) is 10.0 Å². The number of hydrogen-bond acceptors (Lipinski definition) is 3. The molecule has 0 radical (unpaired) electrons. The molecule has 0 aromatic carbocycles. The topological polar surface area (TPSA) is 63.4 Å². The Morgan fingerprint density at radius 1 is 1.18 bits per heavy atom. The van der Waals surface area contributed by atoms with Crippen molar-refractivity contribution in [2.45, 2.75) is 57.9 Å². The van der Waals surface area contributed by atoms with Gasteiger partial charge in [0.1, 0.15) is 0 Å². The van der Waals surface area contributed by atoms with Crippen LogP contribution >= 0.6 is 0 Å². The third kappa shape index (κ3) is 3.20. The second-order valence-corrected chi connectivity index (χ2v) is 7.04. The zero-order chi connectivity index (χ0) is 12.9. The van der Waals surface area contributed by atoms with Crippen LogP contribution in [0.5, 0.6) is 0 Å². The van der Waals surface area contributed by atoms with Crippen molar-refractivity contribution in [3.63, 3.8) is 0 Å². The van der Waals surface area contributed by atoms with Gasteiger partial charge in [-0.25, -0.2) is 8.42 Å². The van der Waals surface area contributed by atoms with Gasteiger partial charge in [0.2, 0.25) is 10.0 Å². The molecular weight excluding hydrogens is 236 g/mol. The molecule has 1 aliphatic carbocycles. The average Bonchev–Trinajstić information content (AvgIpc) is 2.75. The van der Waals surface area contributed by atoms with E-state index in [1.54, 1.807) is 4.31 Å². The zero-order valence-corrected chi connectivity index (χ0v) is 11.9. The maximum atomic E-state index is 12.3. The van der Waals surface area contributed by atoms with Gasteiger partial charge in [-0.15, -0.1) is 0 Å². The third-order valence-electron chi connectivity index (χ3n) is 3.67. The Hall–Kier alpha value is -0.130. The molecular formula is C12H26N2O2S. The fourth-order valence-electron chi connectivity index (χ4n) is 2.83. The van der Waals surface area contributed by atoms with Crippen molar-refractivity contribution in [2.24, 2.45) is 5.73 Å². The van der Waals surface area contributed by atoms with Gasteiger partial charge in [-0.05, 0) is 25.7 Å². The molecule has 1 rings (SSSR count). The largest absolute Gasteiger partial charge is 0.329 e. The molecule has 17 heavy (non-hydrogen) atoms. The summed E-state index contributed by atoms with van der Waals surface area (Å²) >= 11 is 0. The van der Waals surface area contributed by atoms with E-state index in [1.807, 2.05) is 13.8 Å². The fourth-order valence-corrected chi connectivity index (χ4v) is 4.88. The van der Waals surface area contributed by atoms with Gasteiger partial charge < -0.3 is 5.73 Å². The van der Waals surface area contributed by atoms with Crippen LogP contribution in [0.2, 0.25) is 0 Å². The Bertz CT molecular complexity index is 321. The van der Waals surface area contributed by atoms with Crippen molar-refractivity contribution in [3.8, 4) is 0 Å². The predicted molar refractivity (Wildman–Crippen MR) is 71.3 cm³/mol. The molecule has 1 saturated carbocycles. The highest BCUT2D eigenvalue weighted by atomic mass is 32.2. The summed E-state index contributed by atoms with van der Waals surface area (Å²) in [6, 6.07) is 0. The molecule has 5 heteroatoms. The van der Waals surface area contributed by atoms with Gasteiger partial charge in [0.25, 0.3) is 0 Å². The van der Waals surface area contributed by atoms with E-state index < -0.39 is 10.0 Å². The van der Waals surface area contributed by atoms with E-state index >= 15 is 0 Å². The highest BCUT2D eigenvalue weighted by Crippen LogP contribution is 2.36. The SMILES string of the molecule is CCCN(C1(CN)CCCC1)S(=O)(=O)CCC. The molecule has 0 aliphatic heterocycles. The van der Waals surface area contributed by atoms with Crippen molar-refractivity contribution in [3.05, 3.63) is 0 Å². The summed E-state index contributed by atoms with van der Waals surface area (Å²) in [6.07, 6.45) is 5.56. The maximum Gasteiger partial charge on any atom is 0.214 e. The molecule has 2 N–H and O–H groups in total. The maximum absolute atomic E-state index is 12.3.